The fraction of sp³-hybridized carbons (Fsp3) is 0.389. The van der Waals surface area contributed by atoms with Crippen LogP contribution >= 0.6 is 11.6 Å². The van der Waals surface area contributed by atoms with Gasteiger partial charge in [-0.05, 0) is 12.1 Å². The minimum atomic E-state index is -0.508. The summed E-state index contributed by atoms with van der Waals surface area (Å²) in [6, 6.07) is 4.31. The number of nitrogens with zero attached hydrogens (tertiary/aromatic N) is 6. The van der Waals surface area contributed by atoms with Crippen molar-refractivity contribution in [2.24, 2.45) is 14.1 Å². The molecule has 11 nitrogen and oxygen atoms in total. The van der Waals surface area contributed by atoms with Crippen molar-refractivity contribution in [3.05, 3.63) is 59.7 Å². The van der Waals surface area contributed by atoms with Crippen molar-refractivity contribution in [1.82, 2.24) is 24.0 Å². The molecule has 0 amide bonds. The van der Waals surface area contributed by atoms with Crippen molar-refractivity contribution in [2.75, 3.05) is 31.1 Å². The summed E-state index contributed by atoms with van der Waals surface area (Å²) < 4.78 is 3.96. The van der Waals surface area contributed by atoms with Crippen LogP contribution in [0.15, 0.2) is 27.8 Å². The van der Waals surface area contributed by atoms with Crippen LogP contribution in [0.3, 0.4) is 0 Å². The van der Waals surface area contributed by atoms with Crippen molar-refractivity contribution in [1.29, 1.82) is 0 Å². The molecular weight excluding hydrogens is 414 g/mol. The Morgan fingerprint density at radius 1 is 1.20 bits per heavy atom. The molecule has 1 N–H and O–H groups in total. The molecule has 1 aliphatic rings. The zero-order valence-electron chi connectivity index (χ0n) is 16.5. The number of hydrogen-bond acceptors (Lipinski definition) is 7. The predicted octanol–water partition coefficient (Wildman–Crippen LogP) is 0.453. The van der Waals surface area contributed by atoms with Gasteiger partial charge in [-0.1, -0.05) is 11.6 Å². The van der Waals surface area contributed by atoms with Gasteiger partial charge in [-0.15, -0.1) is 0 Å². The van der Waals surface area contributed by atoms with Crippen LogP contribution in [-0.4, -0.2) is 49.8 Å². The molecule has 1 saturated heterocycles. The Kier molecular flexibility index (Phi) is 5.08. The number of aromatic nitrogens is 4. The van der Waals surface area contributed by atoms with Crippen LogP contribution in [0.1, 0.15) is 5.56 Å². The molecule has 3 heterocycles. The molecule has 158 valence electrons. The third-order valence-electron chi connectivity index (χ3n) is 5.29. The molecule has 0 aliphatic carbocycles. The van der Waals surface area contributed by atoms with Gasteiger partial charge >= 0.3 is 5.69 Å². The second-order valence-corrected chi connectivity index (χ2v) is 7.58. The van der Waals surface area contributed by atoms with Gasteiger partial charge in [-0.3, -0.25) is 28.6 Å². The van der Waals surface area contributed by atoms with Crippen molar-refractivity contribution in [3.8, 4) is 0 Å². The summed E-state index contributed by atoms with van der Waals surface area (Å²) in [4.78, 5) is 43.0. The van der Waals surface area contributed by atoms with Gasteiger partial charge in [-0.2, -0.15) is 4.98 Å². The van der Waals surface area contributed by atoms with Crippen LogP contribution in [-0.2, 0) is 20.6 Å². The average Bonchev–Trinajstić information content (AvgIpc) is 3.10. The highest BCUT2D eigenvalue weighted by molar-refractivity contribution is 6.30. The Balaban J connectivity index is 2.00. The maximum Gasteiger partial charge on any atom is 0.332 e. The van der Waals surface area contributed by atoms with E-state index in [1.54, 1.807) is 11.6 Å². The molecule has 0 spiro atoms. The predicted molar refractivity (Wildman–Crippen MR) is 113 cm³/mol. The summed E-state index contributed by atoms with van der Waals surface area (Å²) >= 11 is 6.09. The van der Waals surface area contributed by atoms with Crippen LogP contribution in [0.25, 0.3) is 11.2 Å². The first-order chi connectivity index (χ1) is 14.3. The SMILES string of the molecule is Cn1c(=O)c2c(nc(N3CCNCC3)n2Cc2cc(Cl)ccc2[N+](=O)[O-])n(C)c1=O. The molecule has 12 heteroatoms. The summed E-state index contributed by atoms with van der Waals surface area (Å²) in [5.74, 6) is 0.485. The number of aryl methyl sites for hydroxylation is 1. The molecule has 1 aliphatic heterocycles. The van der Waals surface area contributed by atoms with Crippen LogP contribution in [0.5, 0.6) is 0 Å². The van der Waals surface area contributed by atoms with Crippen molar-refractivity contribution in [2.45, 2.75) is 6.54 Å². The molecule has 0 radical (unpaired) electrons. The van der Waals surface area contributed by atoms with Crippen molar-refractivity contribution in [3.63, 3.8) is 0 Å². The van der Waals surface area contributed by atoms with E-state index in [9.17, 15) is 19.7 Å². The van der Waals surface area contributed by atoms with E-state index in [0.717, 1.165) is 17.7 Å². The Hall–Kier alpha value is -3.18. The van der Waals surface area contributed by atoms with Crippen LogP contribution in [0.4, 0.5) is 11.6 Å². The minimum Gasteiger partial charge on any atom is -0.340 e. The van der Waals surface area contributed by atoms with E-state index < -0.39 is 16.2 Å². The van der Waals surface area contributed by atoms with E-state index in [-0.39, 0.29) is 23.4 Å². The van der Waals surface area contributed by atoms with Crippen LogP contribution in [0, 0.1) is 10.1 Å². The molecule has 3 aromatic rings. The number of nitro groups is 1. The number of benzene rings is 1. The van der Waals surface area contributed by atoms with Gasteiger partial charge in [-0.25, -0.2) is 4.79 Å². The number of hydrogen-bond donors (Lipinski definition) is 1. The van der Waals surface area contributed by atoms with Gasteiger partial charge in [0, 0.05) is 51.4 Å². The smallest absolute Gasteiger partial charge is 0.332 e. The van der Waals surface area contributed by atoms with Gasteiger partial charge in [0.2, 0.25) is 5.95 Å². The Morgan fingerprint density at radius 2 is 1.90 bits per heavy atom. The summed E-state index contributed by atoms with van der Waals surface area (Å²) in [6.07, 6.45) is 0. The van der Waals surface area contributed by atoms with Gasteiger partial charge in [0.15, 0.2) is 11.2 Å². The fourth-order valence-electron chi connectivity index (χ4n) is 3.72. The topological polar surface area (TPSA) is 120 Å². The van der Waals surface area contributed by atoms with Crippen molar-refractivity contribution < 1.29 is 4.92 Å². The number of piperazine rings is 1. The van der Waals surface area contributed by atoms with Gasteiger partial charge < -0.3 is 10.2 Å². The monoisotopic (exact) mass is 433 g/mol. The lowest BCUT2D eigenvalue weighted by Gasteiger charge is -2.28. The molecule has 0 unspecified atom stereocenters. The molecule has 0 saturated carbocycles. The van der Waals surface area contributed by atoms with E-state index in [0.29, 0.717) is 29.6 Å². The maximum atomic E-state index is 13.0. The van der Waals surface area contributed by atoms with Crippen molar-refractivity contribution >= 4 is 34.4 Å². The average molecular weight is 434 g/mol. The summed E-state index contributed by atoms with van der Waals surface area (Å²) in [6.45, 7) is 2.78. The quantitative estimate of drug-likeness (QED) is 0.468. The first kappa shape index (κ1) is 20.1. The number of rotatable bonds is 4. The summed E-state index contributed by atoms with van der Waals surface area (Å²) in [5.41, 5.74) is -0.304. The highest BCUT2D eigenvalue weighted by atomic mass is 35.5. The zero-order valence-corrected chi connectivity index (χ0v) is 17.2. The van der Waals surface area contributed by atoms with Gasteiger partial charge in [0.05, 0.1) is 17.0 Å². The Morgan fingerprint density at radius 3 is 2.57 bits per heavy atom. The number of imidazole rings is 1. The fourth-order valence-corrected chi connectivity index (χ4v) is 3.91. The molecular formula is C18H20ClN7O4. The van der Waals surface area contributed by atoms with Gasteiger partial charge in [0.25, 0.3) is 11.2 Å². The molecule has 1 aromatic carbocycles. The highest BCUT2D eigenvalue weighted by Crippen LogP contribution is 2.27. The minimum absolute atomic E-state index is 0.0140. The van der Waals surface area contributed by atoms with E-state index in [1.807, 2.05) is 4.90 Å². The largest absolute Gasteiger partial charge is 0.340 e. The lowest BCUT2D eigenvalue weighted by Crippen LogP contribution is -2.44. The number of nitrogens with one attached hydrogen (secondary N) is 1. The third kappa shape index (κ3) is 3.25. The molecule has 30 heavy (non-hydrogen) atoms. The lowest BCUT2D eigenvalue weighted by atomic mass is 10.2. The molecule has 1 fully saturated rings. The molecule has 2 aromatic heterocycles. The highest BCUT2D eigenvalue weighted by Gasteiger charge is 2.25. The summed E-state index contributed by atoms with van der Waals surface area (Å²) in [5, 5.41) is 15.1. The standard InChI is InChI=1S/C18H20ClN7O4/c1-22-15-14(16(27)23(2)18(22)28)25(17(21-15)24-7-5-20-6-8-24)10-11-9-12(19)3-4-13(11)26(29)30/h3-4,9,20H,5-8,10H2,1-2H3. The first-order valence-electron chi connectivity index (χ1n) is 9.34. The second kappa shape index (κ2) is 7.58. The third-order valence-corrected chi connectivity index (χ3v) is 5.53. The molecule has 0 bridgehead atoms. The summed E-state index contributed by atoms with van der Waals surface area (Å²) in [7, 11) is 2.94. The van der Waals surface area contributed by atoms with Crippen LogP contribution in [0.2, 0.25) is 5.02 Å². The van der Waals surface area contributed by atoms with E-state index in [1.165, 1.54) is 29.8 Å². The number of anilines is 1. The lowest BCUT2D eigenvalue weighted by molar-refractivity contribution is -0.385. The molecule has 4 rings (SSSR count). The first-order valence-corrected chi connectivity index (χ1v) is 9.72. The number of nitro benzene ring substituents is 1. The van der Waals surface area contributed by atoms with E-state index in [4.69, 9.17) is 11.6 Å². The van der Waals surface area contributed by atoms with E-state index >= 15 is 0 Å². The van der Waals surface area contributed by atoms with Gasteiger partial charge in [0.1, 0.15) is 0 Å². The van der Waals surface area contributed by atoms with Crippen LogP contribution < -0.4 is 21.5 Å². The maximum absolute atomic E-state index is 13.0. The number of halogens is 1. The number of fused-ring (bicyclic) bond motifs is 1. The van der Waals surface area contributed by atoms with E-state index in [2.05, 4.69) is 10.3 Å². The zero-order chi connectivity index (χ0) is 21.6. The molecule has 0 atom stereocenters. The second-order valence-electron chi connectivity index (χ2n) is 7.14. The Bertz CT molecular complexity index is 1270. The Labute approximate surface area is 175 Å². The normalized spacial score (nSPS) is 14.4.